The normalized spacial score (nSPS) is 11.1. The molecule has 0 amide bonds. The van der Waals surface area contributed by atoms with E-state index >= 15 is 0 Å². The van der Waals surface area contributed by atoms with E-state index in [2.05, 4.69) is 17.6 Å². The number of benzene rings is 5. The summed E-state index contributed by atoms with van der Waals surface area (Å²) in [5.74, 6) is 1.40. The van der Waals surface area contributed by atoms with Gasteiger partial charge in [0, 0.05) is 34.5 Å². The zero-order valence-corrected chi connectivity index (χ0v) is 27.2. The number of anilines is 4. The van der Waals surface area contributed by atoms with Gasteiger partial charge in [0.2, 0.25) is 0 Å². The van der Waals surface area contributed by atoms with Crippen LogP contribution in [-0.4, -0.2) is 15.4 Å². The molecule has 0 saturated heterocycles. The highest BCUT2D eigenvalue weighted by molar-refractivity contribution is 6.76. The number of hydrogen-bond acceptors (Lipinski definition) is 5. The van der Waals surface area contributed by atoms with Crippen LogP contribution >= 0.6 is 0 Å². The summed E-state index contributed by atoms with van der Waals surface area (Å²) in [4.78, 5) is 0. The van der Waals surface area contributed by atoms with Crippen molar-refractivity contribution in [3.05, 3.63) is 140 Å². The van der Waals surface area contributed by atoms with E-state index in [1.165, 1.54) is 32.1 Å². The van der Waals surface area contributed by atoms with Crippen molar-refractivity contribution in [2.24, 2.45) is 0 Å². The van der Waals surface area contributed by atoms with Gasteiger partial charge in [-0.05, 0) is 79.2 Å². The molecular weight excluding hydrogens is 573 g/mol. The molecule has 0 radical (unpaired) electrons. The number of hydrogen-bond donors (Lipinski definition) is 2. The molecule has 5 nitrogen and oxygen atoms in total. The van der Waals surface area contributed by atoms with Crippen LogP contribution in [-0.2, 0) is 4.43 Å². The van der Waals surface area contributed by atoms with E-state index in [1.807, 2.05) is 140 Å². The van der Waals surface area contributed by atoms with E-state index in [0.29, 0.717) is 18.1 Å². The lowest BCUT2D eigenvalue weighted by Crippen LogP contribution is -2.62. The van der Waals surface area contributed by atoms with Gasteiger partial charge in [0.1, 0.15) is 11.5 Å². The minimum atomic E-state index is -3.46. The highest BCUT2D eigenvalue weighted by atomic mass is 28.4. The predicted octanol–water partition coefficient (Wildman–Crippen LogP) is 10.2. The fraction of sp³-hybridized carbons (Fsp3) is 0.231. The van der Waals surface area contributed by atoms with Crippen molar-refractivity contribution < 1.29 is 13.3 Å². The molecule has 0 heterocycles. The van der Waals surface area contributed by atoms with Crippen LogP contribution in [0, 0.1) is 0 Å². The Kier molecular flexibility index (Phi) is 12.1. The fourth-order valence-corrected chi connectivity index (χ4v) is 7.56. The topological polar surface area (TPSA) is 51.8 Å². The summed E-state index contributed by atoms with van der Waals surface area (Å²) in [6, 6.07) is 46.4. The molecule has 45 heavy (non-hydrogen) atoms. The summed E-state index contributed by atoms with van der Waals surface area (Å²) >= 11 is 0. The molecule has 0 fully saturated rings. The Morgan fingerprint density at radius 3 is 1.31 bits per heavy atom. The van der Waals surface area contributed by atoms with Gasteiger partial charge in [-0.3, -0.25) is 0 Å². The highest BCUT2D eigenvalue weighted by Crippen LogP contribution is 2.27. The van der Waals surface area contributed by atoms with Gasteiger partial charge in [-0.2, -0.15) is 0 Å². The largest absolute Gasteiger partial charge is 0.669 e. The lowest BCUT2D eigenvalue weighted by atomic mass is 10.1. The van der Waals surface area contributed by atoms with Crippen LogP contribution in [0.4, 0.5) is 22.7 Å². The van der Waals surface area contributed by atoms with Crippen molar-refractivity contribution in [3.63, 3.8) is 0 Å². The Balaban J connectivity index is 1.36. The second kappa shape index (κ2) is 17.1. The number of rotatable bonds is 18. The Hall–Kier alpha value is -4.52. The maximum atomic E-state index is 6.83. The first-order valence-electron chi connectivity index (χ1n) is 16.1. The third-order valence-corrected chi connectivity index (χ3v) is 10.1. The smallest absolute Gasteiger partial charge is 0.489 e. The summed E-state index contributed by atoms with van der Waals surface area (Å²) in [5, 5.41) is 7.81. The molecular formula is C39H44N2O3Si. The molecule has 0 aliphatic rings. The number of nitrogens with one attached hydrogen (secondary N) is 2. The molecule has 5 aromatic carbocycles. The SMILES string of the molecule is CCCCCCCCCO[Si](Oc1ccc(Nc2ccccc2)cc1)(Oc1ccc(Nc2ccccc2)cc1)c1ccccc1. The van der Waals surface area contributed by atoms with Crippen molar-refractivity contribution >= 4 is 36.7 Å². The van der Waals surface area contributed by atoms with Crippen LogP contribution in [0.15, 0.2) is 140 Å². The fourth-order valence-electron chi connectivity index (χ4n) is 5.09. The maximum Gasteiger partial charge on any atom is 0.669 e. The first-order chi connectivity index (χ1) is 22.2. The molecule has 0 aliphatic heterocycles. The van der Waals surface area contributed by atoms with Gasteiger partial charge < -0.3 is 23.9 Å². The zero-order valence-electron chi connectivity index (χ0n) is 26.2. The third kappa shape index (κ3) is 10.00. The highest BCUT2D eigenvalue weighted by Gasteiger charge is 2.49. The van der Waals surface area contributed by atoms with Gasteiger partial charge in [-0.15, -0.1) is 0 Å². The molecule has 2 N–H and O–H groups in total. The molecule has 0 saturated carbocycles. The summed E-state index contributed by atoms with van der Waals surface area (Å²) in [6.07, 6.45) is 8.45. The first kappa shape index (κ1) is 31.9. The quantitative estimate of drug-likeness (QED) is 0.0758. The van der Waals surface area contributed by atoms with Crippen molar-refractivity contribution in [2.75, 3.05) is 17.2 Å². The molecule has 0 aromatic heterocycles. The Labute approximate surface area is 269 Å². The van der Waals surface area contributed by atoms with Crippen molar-refractivity contribution in [1.82, 2.24) is 0 Å². The van der Waals surface area contributed by atoms with Crippen molar-refractivity contribution in [1.29, 1.82) is 0 Å². The van der Waals surface area contributed by atoms with Crippen LogP contribution in [0.3, 0.4) is 0 Å². The standard InChI is InChI=1S/C39H44N2O3Si/c1-2-3-4-5-6-7-17-32-42-45(39-22-15-10-16-23-39,43-37-28-24-35(25-29-37)40-33-18-11-8-12-19-33)44-38-30-26-36(27-31-38)41-34-20-13-9-14-21-34/h8-16,18-31,40-41H,2-7,17,32H2,1H3. The van der Waals surface area contributed by atoms with Gasteiger partial charge in [0.25, 0.3) is 0 Å². The van der Waals surface area contributed by atoms with Crippen LogP contribution < -0.4 is 24.7 Å². The summed E-state index contributed by atoms with van der Waals surface area (Å²) in [5.41, 5.74) is 4.02. The zero-order chi connectivity index (χ0) is 31.0. The van der Waals surface area contributed by atoms with Crippen LogP contribution in [0.5, 0.6) is 11.5 Å². The third-order valence-electron chi connectivity index (χ3n) is 7.51. The second-order valence-corrected chi connectivity index (χ2v) is 13.5. The number of para-hydroxylation sites is 2. The van der Waals surface area contributed by atoms with Gasteiger partial charge in [-0.1, -0.05) is 112 Å². The predicted molar refractivity (Wildman–Crippen MR) is 189 cm³/mol. The molecule has 0 unspecified atom stereocenters. The van der Waals surface area contributed by atoms with E-state index in [4.69, 9.17) is 13.3 Å². The average Bonchev–Trinajstić information content (AvgIpc) is 3.09. The number of unbranched alkanes of at least 4 members (excludes halogenated alkanes) is 6. The molecule has 0 aliphatic carbocycles. The molecule has 5 aromatic rings. The van der Waals surface area contributed by atoms with Crippen LogP contribution in [0.1, 0.15) is 51.9 Å². The van der Waals surface area contributed by atoms with Crippen molar-refractivity contribution in [2.45, 2.75) is 51.9 Å². The molecule has 0 spiro atoms. The van der Waals surface area contributed by atoms with E-state index < -0.39 is 8.80 Å². The monoisotopic (exact) mass is 616 g/mol. The lowest BCUT2D eigenvalue weighted by Gasteiger charge is -2.30. The van der Waals surface area contributed by atoms with Gasteiger partial charge in [0.05, 0.1) is 0 Å². The molecule has 5 rings (SSSR count). The van der Waals surface area contributed by atoms with Gasteiger partial charge >= 0.3 is 8.80 Å². The first-order valence-corrected chi connectivity index (χ1v) is 17.9. The second-order valence-electron chi connectivity index (χ2n) is 11.1. The summed E-state index contributed by atoms with van der Waals surface area (Å²) in [7, 11) is -3.46. The summed E-state index contributed by atoms with van der Waals surface area (Å²) < 4.78 is 20.4. The Morgan fingerprint density at radius 2 is 0.844 bits per heavy atom. The minimum absolute atomic E-state index is 0.566. The lowest BCUT2D eigenvalue weighted by molar-refractivity contribution is 0.176. The molecule has 0 atom stereocenters. The van der Waals surface area contributed by atoms with Crippen LogP contribution in [0.25, 0.3) is 0 Å². The van der Waals surface area contributed by atoms with Gasteiger partial charge in [0.15, 0.2) is 0 Å². The Bertz CT molecular complexity index is 1430. The molecule has 0 bridgehead atoms. The maximum absolute atomic E-state index is 6.83. The van der Waals surface area contributed by atoms with E-state index in [9.17, 15) is 0 Å². The van der Waals surface area contributed by atoms with E-state index in [-0.39, 0.29) is 0 Å². The molecule has 232 valence electrons. The van der Waals surface area contributed by atoms with E-state index in [0.717, 1.165) is 40.8 Å². The summed E-state index contributed by atoms with van der Waals surface area (Å²) in [6.45, 7) is 2.82. The Morgan fingerprint density at radius 1 is 0.444 bits per heavy atom. The van der Waals surface area contributed by atoms with Gasteiger partial charge in [-0.25, -0.2) is 0 Å². The van der Waals surface area contributed by atoms with Crippen LogP contribution in [0.2, 0.25) is 0 Å². The van der Waals surface area contributed by atoms with Crippen molar-refractivity contribution in [3.8, 4) is 11.5 Å². The molecule has 6 heteroatoms. The van der Waals surface area contributed by atoms with E-state index in [1.54, 1.807) is 0 Å². The average molecular weight is 617 g/mol. The minimum Gasteiger partial charge on any atom is -0.489 e.